The highest BCUT2D eigenvalue weighted by molar-refractivity contribution is 6.11. The summed E-state index contributed by atoms with van der Waals surface area (Å²) in [6.07, 6.45) is -0.0279. The van der Waals surface area contributed by atoms with Crippen molar-refractivity contribution in [3.63, 3.8) is 0 Å². The van der Waals surface area contributed by atoms with Crippen LogP contribution < -0.4 is 5.32 Å². The first kappa shape index (κ1) is 26.8. The molecule has 2 saturated heterocycles. The van der Waals surface area contributed by atoms with Gasteiger partial charge in [0.25, 0.3) is 0 Å². The number of hydrogen-bond acceptors (Lipinski definition) is 6. The van der Waals surface area contributed by atoms with Crippen LogP contribution in [0.2, 0.25) is 0 Å². The van der Waals surface area contributed by atoms with Gasteiger partial charge in [0.2, 0.25) is 23.6 Å². The molecule has 2 aliphatic rings. The summed E-state index contributed by atoms with van der Waals surface area (Å²) in [4.78, 5) is 59.4. The fraction of sp³-hybridized carbons (Fsp3) is 0.615. The van der Waals surface area contributed by atoms with Gasteiger partial charge in [-0.15, -0.1) is 0 Å². The normalized spacial score (nSPS) is 21.3. The van der Waals surface area contributed by atoms with Crippen LogP contribution >= 0.6 is 0 Å². The second-order valence-electron chi connectivity index (χ2n) is 10.3. The summed E-state index contributed by atoms with van der Waals surface area (Å²) in [5.41, 5.74) is 0.472. The number of carbonyl (C=O) groups excluding carboxylic acids is 4. The predicted octanol–water partition coefficient (Wildman–Crippen LogP) is 0.612. The second-order valence-corrected chi connectivity index (χ2v) is 10.3. The molecule has 9 heteroatoms. The number of nitrogens with one attached hydrogen (secondary N) is 1. The van der Waals surface area contributed by atoms with Crippen LogP contribution in [0.5, 0.6) is 0 Å². The Morgan fingerprint density at radius 1 is 1.09 bits per heavy atom. The van der Waals surface area contributed by atoms with Gasteiger partial charge in [-0.2, -0.15) is 0 Å². The maximum Gasteiger partial charge on any atom is 0.240 e. The number of benzene rings is 1. The molecule has 0 aliphatic carbocycles. The molecule has 0 saturated carbocycles. The summed E-state index contributed by atoms with van der Waals surface area (Å²) in [7, 11) is 3.80. The fourth-order valence-corrected chi connectivity index (χ4v) is 4.98. The fourth-order valence-electron chi connectivity index (χ4n) is 4.98. The molecule has 2 heterocycles. The monoisotopic (exact) mass is 485 g/mol. The molecule has 1 aromatic rings. The zero-order valence-corrected chi connectivity index (χ0v) is 21.7. The van der Waals surface area contributed by atoms with Gasteiger partial charge < -0.3 is 15.1 Å². The van der Waals surface area contributed by atoms with Crippen LogP contribution in [-0.2, 0) is 24.6 Å². The Morgan fingerprint density at radius 3 is 2.34 bits per heavy atom. The number of aryl methyl sites for hydroxylation is 1. The molecule has 3 rings (SSSR count). The highest BCUT2D eigenvalue weighted by Gasteiger charge is 2.54. The average Bonchev–Trinajstić information content (AvgIpc) is 3.01. The van der Waals surface area contributed by atoms with Crippen LogP contribution in [0.15, 0.2) is 24.3 Å². The number of imide groups is 1. The predicted molar refractivity (Wildman–Crippen MR) is 134 cm³/mol. The van der Waals surface area contributed by atoms with E-state index >= 15 is 0 Å². The Bertz CT molecular complexity index is 955. The third-order valence-corrected chi connectivity index (χ3v) is 6.83. The van der Waals surface area contributed by atoms with Gasteiger partial charge >= 0.3 is 0 Å². The van der Waals surface area contributed by atoms with E-state index in [1.54, 1.807) is 4.90 Å². The van der Waals surface area contributed by atoms with Crippen molar-refractivity contribution >= 4 is 23.6 Å². The third-order valence-electron chi connectivity index (χ3n) is 6.83. The van der Waals surface area contributed by atoms with Gasteiger partial charge in [-0.05, 0) is 46.0 Å². The van der Waals surface area contributed by atoms with Gasteiger partial charge in [-0.1, -0.05) is 24.3 Å². The molecule has 1 unspecified atom stereocenters. The first-order valence-corrected chi connectivity index (χ1v) is 12.4. The lowest BCUT2D eigenvalue weighted by molar-refractivity contribution is -0.143. The van der Waals surface area contributed by atoms with Gasteiger partial charge in [-0.25, -0.2) is 0 Å². The standard InChI is InChI=1S/C26H39N5O4/c1-19(2)27-22(32)18-29-11-13-30(14-12-29)23(33)16-26(21-9-7-6-8-20(21)3)17-24(34)31(25(26)35)15-10-28(4)5/h6-9,19H,10-18H2,1-5H3,(H,27,32). The van der Waals surface area contributed by atoms with Crippen LogP contribution in [0.1, 0.15) is 37.8 Å². The number of carbonyl (C=O) groups is 4. The van der Waals surface area contributed by atoms with Crippen molar-refractivity contribution in [3.05, 3.63) is 35.4 Å². The maximum absolute atomic E-state index is 13.7. The smallest absolute Gasteiger partial charge is 0.240 e. The lowest BCUT2D eigenvalue weighted by Gasteiger charge is -2.36. The van der Waals surface area contributed by atoms with Crippen molar-refractivity contribution in [2.75, 3.05) is 59.9 Å². The second kappa shape index (κ2) is 11.3. The third kappa shape index (κ3) is 6.27. The van der Waals surface area contributed by atoms with E-state index in [9.17, 15) is 19.2 Å². The number of likely N-dealkylation sites (tertiary alicyclic amines) is 1. The minimum atomic E-state index is -1.18. The van der Waals surface area contributed by atoms with E-state index in [1.807, 2.05) is 68.9 Å². The summed E-state index contributed by atoms with van der Waals surface area (Å²) in [6.45, 7) is 9.13. The molecule has 2 fully saturated rings. The molecule has 9 nitrogen and oxygen atoms in total. The van der Waals surface area contributed by atoms with Gasteiger partial charge in [0.05, 0.1) is 12.0 Å². The van der Waals surface area contributed by atoms with Crippen molar-refractivity contribution in [1.29, 1.82) is 0 Å². The summed E-state index contributed by atoms with van der Waals surface area (Å²) in [5.74, 6) is -0.661. The topological polar surface area (TPSA) is 93.3 Å². The lowest BCUT2D eigenvalue weighted by atomic mass is 9.74. The molecule has 2 aliphatic heterocycles. The van der Waals surface area contributed by atoms with E-state index < -0.39 is 5.41 Å². The number of piperazine rings is 1. The molecule has 1 atom stereocenters. The number of nitrogens with zero attached hydrogens (tertiary/aromatic N) is 4. The zero-order valence-electron chi connectivity index (χ0n) is 21.7. The Labute approximate surface area is 208 Å². The van der Waals surface area contributed by atoms with Gasteiger partial charge in [0.1, 0.15) is 0 Å². The first-order valence-electron chi connectivity index (χ1n) is 12.4. The summed E-state index contributed by atoms with van der Waals surface area (Å²) in [6, 6.07) is 7.63. The molecular weight excluding hydrogens is 446 g/mol. The van der Waals surface area contributed by atoms with Crippen molar-refractivity contribution in [2.45, 2.75) is 45.1 Å². The highest BCUT2D eigenvalue weighted by Crippen LogP contribution is 2.41. The van der Waals surface area contributed by atoms with E-state index in [0.717, 1.165) is 11.1 Å². The molecular formula is C26H39N5O4. The summed E-state index contributed by atoms with van der Waals surface area (Å²) < 4.78 is 0. The highest BCUT2D eigenvalue weighted by atomic mass is 16.2. The summed E-state index contributed by atoms with van der Waals surface area (Å²) in [5, 5.41) is 2.89. The van der Waals surface area contributed by atoms with E-state index in [4.69, 9.17) is 0 Å². The molecule has 1 aromatic carbocycles. The number of likely N-dealkylation sites (N-methyl/N-ethyl adjacent to an activating group) is 1. The van der Waals surface area contributed by atoms with Crippen molar-refractivity contribution < 1.29 is 19.2 Å². The van der Waals surface area contributed by atoms with E-state index in [0.29, 0.717) is 45.8 Å². The van der Waals surface area contributed by atoms with Crippen LogP contribution in [0, 0.1) is 6.92 Å². The molecule has 4 amide bonds. The average molecular weight is 486 g/mol. The van der Waals surface area contributed by atoms with Gasteiger partial charge in [-0.3, -0.25) is 29.0 Å². The first-order chi connectivity index (χ1) is 16.5. The number of amides is 4. The number of hydrogen-bond donors (Lipinski definition) is 1. The largest absolute Gasteiger partial charge is 0.353 e. The zero-order chi connectivity index (χ0) is 25.8. The lowest BCUT2D eigenvalue weighted by Crippen LogP contribution is -2.53. The van der Waals surface area contributed by atoms with Crippen LogP contribution in [0.25, 0.3) is 0 Å². The van der Waals surface area contributed by atoms with E-state index in [-0.39, 0.29) is 42.5 Å². The molecule has 35 heavy (non-hydrogen) atoms. The Hall–Kier alpha value is -2.78. The Kier molecular flexibility index (Phi) is 8.66. The Balaban J connectivity index is 1.75. The van der Waals surface area contributed by atoms with Crippen molar-refractivity contribution in [3.8, 4) is 0 Å². The van der Waals surface area contributed by atoms with Crippen LogP contribution in [0.4, 0.5) is 0 Å². The summed E-state index contributed by atoms with van der Waals surface area (Å²) >= 11 is 0. The molecule has 1 N–H and O–H groups in total. The van der Waals surface area contributed by atoms with E-state index in [2.05, 4.69) is 5.32 Å². The quantitative estimate of drug-likeness (QED) is 0.516. The molecule has 0 bridgehead atoms. The number of rotatable bonds is 9. The maximum atomic E-state index is 13.7. The van der Waals surface area contributed by atoms with E-state index in [1.165, 1.54) is 4.90 Å². The van der Waals surface area contributed by atoms with Crippen molar-refractivity contribution in [1.82, 2.24) is 24.9 Å². The minimum Gasteiger partial charge on any atom is -0.353 e. The molecule has 0 aromatic heterocycles. The van der Waals surface area contributed by atoms with Crippen LogP contribution in [-0.4, -0.2) is 109 Å². The SMILES string of the molecule is Cc1ccccc1C1(CC(=O)N2CCN(CC(=O)NC(C)C)CC2)CC(=O)N(CCN(C)C)C1=O. The van der Waals surface area contributed by atoms with Gasteiger partial charge in [0, 0.05) is 58.2 Å². The van der Waals surface area contributed by atoms with Gasteiger partial charge in [0.15, 0.2) is 0 Å². The molecule has 192 valence electrons. The molecule has 0 spiro atoms. The molecule has 0 radical (unpaired) electrons. The van der Waals surface area contributed by atoms with Crippen LogP contribution in [0.3, 0.4) is 0 Å². The Morgan fingerprint density at radius 2 is 1.74 bits per heavy atom. The minimum absolute atomic E-state index is 0.00515. The van der Waals surface area contributed by atoms with Crippen molar-refractivity contribution in [2.24, 2.45) is 0 Å².